The summed E-state index contributed by atoms with van der Waals surface area (Å²) in [4.78, 5) is 22.9. The molecule has 0 saturated heterocycles. The number of hydrogen-bond donors (Lipinski definition) is 1. The molecule has 28 heavy (non-hydrogen) atoms. The molecule has 0 aliphatic heterocycles. The van der Waals surface area contributed by atoms with Gasteiger partial charge in [-0.25, -0.2) is 4.98 Å². The van der Waals surface area contributed by atoms with Gasteiger partial charge in [0.2, 0.25) is 0 Å². The zero-order chi connectivity index (χ0) is 19.3. The monoisotopic (exact) mass is 407 g/mol. The van der Waals surface area contributed by atoms with Crippen LogP contribution in [0.3, 0.4) is 0 Å². The fraction of sp³-hybridized carbons (Fsp3) is 0.0952. The second kappa shape index (κ2) is 8.33. The molecule has 1 amide bonds. The number of ether oxygens (including phenoxy) is 1. The van der Waals surface area contributed by atoms with Crippen molar-refractivity contribution in [1.29, 1.82) is 0 Å². The quantitative estimate of drug-likeness (QED) is 0.495. The number of carbonyl (C=O) groups is 1. The summed E-state index contributed by atoms with van der Waals surface area (Å²) in [5.41, 5.74) is 2.96. The Morgan fingerprint density at radius 3 is 2.64 bits per heavy atom. The summed E-state index contributed by atoms with van der Waals surface area (Å²) in [6, 6.07) is 15.7. The summed E-state index contributed by atoms with van der Waals surface area (Å²) in [6.45, 7) is 0.371. The Labute approximate surface area is 170 Å². The standard InChI is InChI=1S/C21H17N3O2S2/c1-26-17-11-18(15-5-3-2-4-6-15)28-20(17)21(25)23-12-19-24-16(13-27-19)14-7-9-22-10-8-14/h2-11,13H,12H2,1H3,(H,23,25). The number of pyridine rings is 1. The van der Waals surface area contributed by atoms with Gasteiger partial charge in [0.25, 0.3) is 5.91 Å². The van der Waals surface area contributed by atoms with Gasteiger partial charge in [-0.15, -0.1) is 22.7 Å². The Kier molecular flexibility index (Phi) is 5.45. The molecular formula is C21H17N3O2S2. The topological polar surface area (TPSA) is 64.1 Å². The van der Waals surface area contributed by atoms with E-state index in [9.17, 15) is 4.79 Å². The van der Waals surface area contributed by atoms with Crippen molar-refractivity contribution in [2.75, 3.05) is 7.11 Å². The van der Waals surface area contributed by atoms with E-state index in [0.717, 1.165) is 26.7 Å². The number of thiophene rings is 1. The van der Waals surface area contributed by atoms with E-state index < -0.39 is 0 Å². The number of aromatic nitrogens is 2. The molecule has 3 aromatic heterocycles. The summed E-state index contributed by atoms with van der Waals surface area (Å²) in [5.74, 6) is 0.419. The van der Waals surface area contributed by atoms with Gasteiger partial charge in [0.1, 0.15) is 15.6 Å². The van der Waals surface area contributed by atoms with Crippen LogP contribution in [-0.4, -0.2) is 23.0 Å². The number of amides is 1. The van der Waals surface area contributed by atoms with Crippen LogP contribution in [0, 0.1) is 0 Å². The minimum atomic E-state index is -0.162. The molecule has 0 bridgehead atoms. The third-order valence-electron chi connectivity index (χ3n) is 4.11. The predicted molar refractivity (Wildman–Crippen MR) is 113 cm³/mol. The van der Waals surface area contributed by atoms with E-state index in [-0.39, 0.29) is 5.91 Å². The SMILES string of the molecule is COc1cc(-c2ccccc2)sc1C(=O)NCc1nc(-c2ccncc2)cs1. The highest BCUT2D eigenvalue weighted by Crippen LogP contribution is 2.36. The zero-order valence-corrected chi connectivity index (χ0v) is 16.7. The van der Waals surface area contributed by atoms with Crippen LogP contribution in [-0.2, 0) is 6.54 Å². The number of nitrogens with one attached hydrogen (secondary N) is 1. The summed E-state index contributed by atoms with van der Waals surface area (Å²) < 4.78 is 5.41. The van der Waals surface area contributed by atoms with E-state index in [4.69, 9.17) is 4.74 Å². The Morgan fingerprint density at radius 1 is 1.11 bits per heavy atom. The van der Waals surface area contributed by atoms with Gasteiger partial charge in [-0.3, -0.25) is 9.78 Å². The number of benzene rings is 1. The van der Waals surface area contributed by atoms with Crippen molar-refractivity contribution in [2.24, 2.45) is 0 Å². The minimum absolute atomic E-state index is 0.162. The van der Waals surface area contributed by atoms with E-state index in [1.54, 1.807) is 19.5 Å². The van der Waals surface area contributed by atoms with E-state index in [2.05, 4.69) is 15.3 Å². The van der Waals surface area contributed by atoms with E-state index in [1.165, 1.54) is 22.7 Å². The Balaban J connectivity index is 1.47. The molecule has 0 unspecified atom stereocenters. The molecule has 0 fully saturated rings. The zero-order valence-electron chi connectivity index (χ0n) is 15.1. The number of thiazole rings is 1. The van der Waals surface area contributed by atoms with Crippen LogP contribution in [0.25, 0.3) is 21.7 Å². The average Bonchev–Trinajstić information content (AvgIpc) is 3.40. The van der Waals surface area contributed by atoms with Crippen molar-refractivity contribution in [2.45, 2.75) is 6.54 Å². The maximum atomic E-state index is 12.7. The Hall–Kier alpha value is -3.03. The lowest BCUT2D eigenvalue weighted by Gasteiger charge is -2.03. The van der Waals surface area contributed by atoms with Crippen molar-refractivity contribution >= 4 is 28.6 Å². The first-order chi connectivity index (χ1) is 13.7. The number of methoxy groups -OCH3 is 1. The first-order valence-corrected chi connectivity index (χ1v) is 10.3. The van der Waals surface area contributed by atoms with Crippen LogP contribution >= 0.6 is 22.7 Å². The average molecular weight is 408 g/mol. The van der Waals surface area contributed by atoms with Gasteiger partial charge in [-0.1, -0.05) is 30.3 Å². The lowest BCUT2D eigenvalue weighted by molar-refractivity contribution is 0.0952. The molecule has 0 aliphatic rings. The number of nitrogens with zero attached hydrogens (tertiary/aromatic N) is 2. The first kappa shape index (κ1) is 18.3. The highest BCUT2D eigenvalue weighted by molar-refractivity contribution is 7.17. The molecule has 0 saturated carbocycles. The number of carbonyl (C=O) groups excluding carboxylic acids is 1. The van der Waals surface area contributed by atoms with Crippen LogP contribution in [0.5, 0.6) is 5.75 Å². The maximum Gasteiger partial charge on any atom is 0.265 e. The third kappa shape index (κ3) is 3.95. The van der Waals surface area contributed by atoms with Crippen LogP contribution < -0.4 is 10.1 Å². The molecule has 7 heteroatoms. The van der Waals surface area contributed by atoms with Gasteiger partial charge in [0.05, 0.1) is 19.3 Å². The minimum Gasteiger partial charge on any atom is -0.495 e. The number of rotatable bonds is 6. The highest BCUT2D eigenvalue weighted by Gasteiger charge is 2.18. The Bertz CT molecular complexity index is 1080. The third-order valence-corrected chi connectivity index (χ3v) is 6.12. The van der Waals surface area contributed by atoms with Crippen LogP contribution in [0.2, 0.25) is 0 Å². The fourth-order valence-corrected chi connectivity index (χ4v) is 4.50. The number of hydrogen-bond acceptors (Lipinski definition) is 6. The van der Waals surface area contributed by atoms with Crippen LogP contribution in [0.15, 0.2) is 66.3 Å². The normalized spacial score (nSPS) is 10.6. The van der Waals surface area contributed by atoms with Gasteiger partial charge in [0.15, 0.2) is 0 Å². The molecule has 0 radical (unpaired) electrons. The first-order valence-electron chi connectivity index (χ1n) is 8.61. The lowest BCUT2D eigenvalue weighted by Crippen LogP contribution is -2.22. The summed E-state index contributed by atoms with van der Waals surface area (Å²) in [6.07, 6.45) is 3.48. The molecule has 0 atom stereocenters. The summed E-state index contributed by atoms with van der Waals surface area (Å²) in [5, 5.41) is 5.78. The van der Waals surface area contributed by atoms with Crippen molar-refractivity contribution in [3.05, 3.63) is 76.2 Å². The second-order valence-corrected chi connectivity index (χ2v) is 7.91. The molecular weight excluding hydrogens is 390 g/mol. The largest absolute Gasteiger partial charge is 0.495 e. The van der Waals surface area contributed by atoms with Gasteiger partial charge in [-0.2, -0.15) is 0 Å². The smallest absolute Gasteiger partial charge is 0.265 e. The summed E-state index contributed by atoms with van der Waals surface area (Å²) in [7, 11) is 1.58. The molecule has 0 aliphatic carbocycles. The van der Waals surface area contributed by atoms with Gasteiger partial charge in [-0.05, 0) is 23.8 Å². The molecule has 0 spiro atoms. The molecule has 5 nitrogen and oxygen atoms in total. The van der Waals surface area contributed by atoms with Crippen LogP contribution in [0.4, 0.5) is 0 Å². The van der Waals surface area contributed by atoms with Crippen molar-refractivity contribution < 1.29 is 9.53 Å². The van der Waals surface area contributed by atoms with Crippen molar-refractivity contribution in [3.63, 3.8) is 0 Å². The van der Waals surface area contributed by atoms with Crippen molar-refractivity contribution in [3.8, 4) is 27.4 Å². The summed E-state index contributed by atoms with van der Waals surface area (Å²) >= 11 is 2.94. The molecule has 1 aromatic carbocycles. The van der Waals surface area contributed by atoms with E-state index in [1.807, 2.05) is 53.9 Å². The van der Waals surface area contributed by atoms with Crippen LogP contribution in [0.1, 0.15) is 14.7 Å². The highest BCUT2D eigenvalue weighted by atomic mass is 32.1. The lowest BCUT2D eigenvalue weighted by atomic mass is 10.2. The predicted octanol–water partition coefficient (Wildman–Crippen LogP) is 4.87. The molecule has 4 aromatic rings. The van der Waals surface area contributed by atoms with E-state index in [0.29, 0.717) is 17.2 Å². The molecule has 3 heterocycles. The van der Waals surface area contributed by atoms with Gasteiger partial charge >= 0.3 is 0 Å². The molecule has 4 rings (SSSR count). The molecule has 140 valence electrons. The Morgan fingerprint density at radius 2 is 1.89 bits per heavy atom. The van der Waals surface area contributed by atoms with Gasteiger partial charge in [0, 0.05) is 28.2 Å². The second-order valence-electron chi connectivity index (χ2n) is 5.92. The van der Waals surface area contributed by atoms with E-state index >= 15 is 0 Å². The maximum absolute atomic E-state index is 12.7. The van der Waals surface area contributed by atoms with Gasteiger partial charge < -0.3 is 10.1 Å². The molecule has 1 N–H and O–H groups in total. The fourth-order valence-electron chi connectivity index (χ4n) is 2.71. The van der Waals surface area contributed by atoms with Crippen molar-refractivity contribution in [1.82, 2.24) is 15.3 Å².